The van der Waals surface area contributed by atoms with E-state index in [0.717, 1.165) is 11.8 Å². The van der Waals surface area contributed by atoms with Crippen molar-refractivity contribution in [1.29, 1.82) is 0 Å². The molecule has 1 aromatic carbocycles. The summed E-state index contributed by atoms with van der Waals surface area (Å²) in [5.41, 5.74) is 1.34. The molecule has 0 bridgehead atoms. The standard InChI is InChI=1S/C13H13N3O5S2/c1-20-12(18)9(6-23-16-19)14-11(17)7-22-13-15-8-4-2-3-5-10(8)21-13/h2-5,9H,6-7H2,1H3,(H,14,17). The summed E-state index contributed by atoms with van der Waals surface area (Å²) >= 11 is 1.74. The number of hydrogen-bond donors (Lipinski definition) is 1. The van der Waals surface area contributed by atoms with Crippen molar-refractivity contribution in [3.63, 3.8) is 0 Å². The minimum atomic E-state index is -0.931. The average Bonchev–Trinajstić information content (AvgIpc) is 2.99. The number of methoxy groups -OCH3 is 1. The van der Waals surface area contributed by atoms with Crippen molar-refractivity contribution in [2.24, 2.45) is 4.58 Å². The van der Waals surface area contributed by atoms with Crippen LogP contribution in [0.25, 0.3) is 11.1 Å². The summed E-state index contributed by atoms with van der Waals surface area (Å²) in [4.78, 5) is 37.8. The molecule has 0 saturated carbocycles. The van der Waals surface area contributed by atoms with Crippen molar-refractivity contribution in [2.75, 3.05) is 18.6 Å². The third-order valence-corrected chi connectivity index (χ3v) is 4.13. The first-order chi connectivity index (χ1) is 11.1. The van der Waals surface area contributed by atoms with Crippen LogP contribution < -0.4 is 5.32 Å². The summed E-state index contributed by atoms with van der Waals surface area (Å²) in [7, 11) is 1.20. The Hall–Kier alpha value is -2.07. The van der Waals surface area contributed by atoms with Gasteiger partial charge in [0.2, 0.25) is 5.91 Å². The number of benzene rings is 1. The molecule has 1 atom stereocenters. The number of rotatable bonds is 8. The second-order valence-corrected chi connectivity index (χ2v) is 5.92. The molecule has 0 spiro atoms. The fourth-order valence-electron chi connectivity index (χ4n) is 1.69. The van der Waals surface area contributed by atoms with E-state index in [0.29, 0.717) is 28.3 Å². The average molecular weight is 355 g/mol. The minimum absolute atomic E-state index is 0.00939. The summed E-state index contributed by atoms with van der Waals surface area (Å²) in [5, 5.41) is 2.84. The molecule has 1 aromatic heterocycles. The van der Waals surface area contributed by atoms with E-state index in [-0.39, 0.29) is 11.5 Å². The summed E-state index contributed by atoms with van der Waals surface area (Å²) in [5.74, 6) is -1.02. The first-order valence-corrected chi connectivity index (χ1v) is 8.37. The van der Waals surface area contributed by atoms with Crippen LogP contribution in [0.4, 0.5) is 0 Å². The van der Waals surface area contributed by atoms with Gasteiger partial charge in [0.1, 0.15) is 11.6 Å². The molecule has 8 nitrogen and oxygen atoms in total. The van der Waals surface area contributed by atoms with Gasteiger partial charge in [-0.15, -0.1) is 4.91 Å². The fourth-order valence-corrected chi connectivity index (χ4v) is 2.77. The van der Waals surface area contributed by atoms with E-state index in [1.807, 2.05) is 12.1 Å². The molecule has 0 saturated heterocycles. The van der Waals surface area contributed by atoms with Crippen LogP contribution in [0.3, 0.4) is 0 Å². The number of nitroso groups, excluding NO2 is 1. The maximum atomic E-state index is 11.9. The smallest absolute Gasteiger partial charge is 0.329 e. The summed E-state index contributed by atoms with van der Waals surface area (Å²) in [6.45, 7) is 0. The second kappa shape index (κ2) is 8.53. The zero-order valence-corrected chi connectivity index (χ0v) is 13.7. The molecule has 122 valence electrons. The molecule has 0 aliphatic rings. The van der Waals surface area contributed by atoms with Crippen LogP contribution in [0.5, 0.6) is 0 Å². The quantitative estimate of drug-likeness (QED) is 0.331. The van der Waals surface area contributed by atoms with Gasteiger partial charge < -0.3 is 14.5 Å². The molecule has 1 N–H and O–H groups in total. The Labute approximate surface area is 139 Å². The predicted molar refractivity (Wildman–Crippen MR) is 86.9 cm³/mol. The normalized spacial score (nSPS) is 11.9. The van der Waals surface area contributed by atoms with E-state index < -0.39 is 17.9 Å². The highest BCUT2D eigenvalue weighted by molar-refractivity contribution is 7.99. The summed E-state index contributed by atoms with van der Waals surface area (Å²) in [6, 6.07) is 6.32. The van der Waals surface area contributed by atoms with Crippen molar-refractivity contribution < 1.29 is 18.7 Å². The van der Waals surface area contributed by atoms with Crippen molar-refractivity contribution in [2.45, 2.75) is 11.3 Å². The van der Waals surface area contributed by atoms with Gasteiger partial charge in [0.25, 0.3) is 5.22 Å². The van der Waals surface area contributed by atoms with E-state index in [2.05, 4.69) is 19.6 Å². The van der Waals surface area contributed by atoms with Crippen molar-refractivity contribution >= 4 is 46.7 Å². The van der Waals surface area contributed by atoms with Crippen LogP contribution in [-0.4, -0.2) is 41.5 Å². The SMILES string of the molecule is COC(=O)C(CSN=O)NC(=O)CSc1nc2ccccc2o1. The molecule has 10 heteroatoms. The first-order valence-electron chi connectivity index (χ1n) is 6.44. The van der Waals surface area contributed by atoms with Gasteiger partial charge in [0, 0.05) is 22.3 Å². The number of ether oxygens (including phenoxy) is 1. The van der Waals surface area contributed by atoms with Crippen LogP contribution in [-0.2, 0) is 14.3 Å². The zero-order chi connectivity index (χ0) is 16.7. The number of amides is 1. The number of hydrogen-bond acceptors (Lipinski definition) is 9. The molecule has 0 fully saturated rings. The third-order valence-electron chi connectivity index (χ3n) is 2.72. The number of aromatic nitrogens is 1. The van der Waals surface area contributed by atoms with E-state index in [9.17, 15) is 14.5 Å². The molecule has 0 radical (unpaired) electrons. The van der Waals surface area contributed by atoms with Gasteiger partial charge in [-0.3, -0.25) is 4.79 Å². The maximum Gasteiger partial charge on any atom is 0.329 e. The number of thioether (sulfide) groups is 1. The molecule has 1 amide bonds. The molecular formula is C13H13N3O5S2. The monoisotopic (exact) mass is 355 g/mol. The summed E-state index contributed by atoms with van der Waals surface area (Å²) < 4.78 is 12.6. The van der Waals surface area contributed by atoms with Crippen LogP contribution in [0.1, 0.15) is 0 Å². The number of oxazole rings is 1. The molecule has 0 aliphatic heterocycles. The number of para-hydroxylation sites is 2. The zero-order valence-electron chi connectivity index (χ0n) is 12.1. The number of carbonyl (C=O) groups excluding carboxylic acids is 2. The number of nitrogens with one attached hydrogen (secondary N) is 1. The van der Waals surface area contributed by atoms with Crippen LogP contribution >= 0.6 is 23.7 Å². The number of fused-ring (bicyclic) bond motifs is 1. The van der Waals surface area contributed by atoms with Crippen LogP contribution in [0.15, 0.2) is 38.5 Å². The predicted octanol–water partition coefficient (Wildman–Crippen LogP) is 1.99. The lowest BCUT2D eigenvalue weighted by Gasteiger charge is -2.13. The van der Waals surface area contributed by atoms with Gasteiger partial charge >= 0.3 is 5.97 Å². The number of nitrogens with zero attached hydrogens (tertiary/aromatic N) is 2. The highest BCUT2D eigenvalue weighted by Crippen LogP contribution is 2.22. The van der Waals surface area contributed by atoms with Gasteiger partial charge in [-0.05, 0) is 12.1 Å². The van der Waals surface area contributed by atoms with E-state index in [1.165, 1.54) is 7.11 Å². The highest BCUT2D eigenvalue weighted by Gasteiger charge is 2.22. The van der Waals surface area contributed by atoms with E-state index >= 15 is 0 Å². The molecule has 23 heavy (non-hydrogen) atoms. The Morgan fingerprint density at radius 2 is 2.22 bits per heavy atom. The Kier molecular flexibility index (Phi) is 6.41. The Morgan fingerprint density at radius 3 is 2.91 bits per heavy atom. The van der Waals surface area contributed by atoms with E-state index in [4.69, 9.17) is 4.42 Å². The molecule has 1 unspecified atom stereocenters. The fraction of sp³-hybridized carbons (Fsp3) is 0.308. The van der Waals surface area contributed by atoms with Crippen molar-refractivity contribution in [3.8, 4) is 0 Å². The number of esters is 1. The number of carbonyl (C=O) groups is 2. The largest absolute Gasteiger partial charge is 0.467 e. The van der Waals surface area contributed by atoms with Gasteiger partial charge in [-0.1, -0.05) is 23.9 Å². The topological polar surface area (TPSA) is 111 Å². The van der Waals surface area contributed by atoms with Crippen molar-refractivity contribution in [3.05, 3.63) is 29.2 Å². The summed E-state index contributed by atoms with van der Waals surface area (Å²) in [6.07, 6.45) is 0. The Bertz CT molecular complexity index is 673. The molecule has 2 aromatic rings. The third kappa shape index (κ3) is 4.96. The van der Waals surface area contributed by atoms with Crippen LogP contribution in [0, 0.1) is 4.91 Å². The lowest BCUT2D eigenvalue weighted by atomic mass is 10.3. The van der Waals surface area contributed by atoms with Crippen LogP contribution in [0.2, 0.25) is 0 Å². The lowest BCUT2D eigenvalue weighted by molar-refractivity contribution is -0.144. The maximum absolute atomic E-state index is 11.9. The van der Waals surface area contributed by atoms with Gasteiger partial charge in [-0.2, -0.15) is 0 Å². The lowest BCUT2D eigenvalue weighted by Crippen LogP contribution is -2.44. The van der Waals surface area contributed by atoms with E-state index in [1.54, 1.807) is 12.1 Å². The highest BCUT2D eigenvalue weighted by atomic mass is 32.2. The van der Waals surface area contributed by atoms with Gasteiger partial charge in [0.05, 0.1) is 12.9 Å². The van der Waals surface area contributed by atoms with Gasteiger partial charge in [-0.25, -0.2) is 9.78 Å². The van der Waals surface area contributed by atoms with Gasteiger partial charge in [0.15, 0.2) is 5.58 Å². The second-order valence-electron chi connectivity index (χ2n) is 4.25. The molecule has 1 heterocycles. The molecule has 0 aliphatic carbocycles. The molecular weight excluding hydrogens is 342 g/mol. The Balaban J connectivity index is 1.89. The first kappa shape index (κ1) is 17.3. The molecule has 2 rings (SSSR count). The Morgan fingerprint density at radius 1 is 1.43 bits per heavy atom. The minimum Gasteiger partial charge on any atom is -0.467 e. The van der Waals surface area contributed by atoms with Crippen molar-refractivity contribution in [1.82, 2.24) is 10.3 Å².